The molecule has 33 heavy (non-hydrogen) atoms. The van der Waals surface area contributed by atoms with Gasteiger partial charge in [0.2, 0.25) is 0 Å². The molecule has 3 aromatic rings. The van der Waals surface area contributed by atoms with E-state index in [1.807, 2.05) is 12.1 Å². The summed E-state index contributed by atoms with van der Waals surface area (Å²) >= 11 is 0. The van der Waals surface area contributed by atoms with Crippen LogP contribution < -0.4 is 14.2 Å². The van der Waals surface area contributed by atoms with E-state index in [1.54, 1.807) is 36.4 Å². The van der Waals surface area contributed by atoms with Crippen molar-refractivity contribution in [3.05, 3.63) is 78.1 Å². The maximum Gasteiger partial charge on any atom is 0.423 e. The first-order valence-corrected chi connectivity index (χ1v) is 10.8. The highest BCUT2D eigenvalue weighted by Crippen LogP contribution is 2.21. The summed E-state index contributed by atoms with van der Waals surface area (Å²) in [6.07, 6.45) is 4.70. The topological polar surface area (TPSA) is 91.8 Å². The summed E-state index contributed by atoms with van der Waals surface area (Å²) in [5.41, 5.74) is 1.39. The van der Waals surface area contributed by atoms with E-state index in [0.717, 1.165) is 31.6 Å². The smallest absolute Gasteiger partial charge is 0.423 e. The van der Waals surface area contributed by atoms with Gasteiger partial charge < -0.3 is 23.7 Å². The second-order valence-electron chi connectivity index (χ2n) is 7.94. The van der Waals surface area contributed by atoms with Crippen molar-refractivity contribution in [1.29, 1.82) is 0 Å². The summed E-state index contributed by atoms with van der Waals surface area (Å²) in [7, 11) is 0. The number of ether oxygens (including phenoxy) is 5. The molecule has 3 heterocycles. The maximum absolute atomic E-state index is 12.4. The molecule has 0 spiro atoms. The van der Waals surface area contributed by atoms with Crippen molar-refractivity contribution in [2.24, 2.45) is 0 Å². The number of carbonyl (C=O) groups excluding carboxylic acids is 2. The third kappa shape index (κ3) is 6.00. The van der Waals surface area contributed by atoms with Crippen LogP contribution in [0.15, 0.2) is 67.0 Å². The van der Waals surface area contributed by atoms with Gasteiger partial charge in [0.1, 0.15) is 30.0 Å². The highest BCUT2D eigenvalue weighted by molar-refractivity contribution is 5.92. The van der Waals surface area contributed by atoms with Gasteiger partial charge in [0.15, 0.2) is 0 Å². The van der Waals surface area contributed by atoms with Crippen molar-refractivity contribution in [3.8, 4) is 17.2 Å². The molecule has 2 aromatic carbocycles. The number of rotatable bonds is 9. The Morgan fingerprint density at radius 3 is 2.18 bits per heavy atom. The van der Waals surface area contributed by atoms with E-state index < -0.39 is 12.1 Å². The largest absolute Gasteiger partial charge is 0.491 e. The van der Waals surface area contributed by atoms with Gasteiger partial charge in [-0.05, 0) is 60.9 Å². The lowest BCUT2D eigenvalue weighted by Crippen LogP contribution is -2.15. The van der Waals surface area contributed by atoms with E-state index in [-0.39, 0.29) is 11.7 Å². The lowest BCUT2D eigenvalue weighted by atomic mass is 10.1. The van der Waals surface area contributed by atoms with Gasteiger partial charge in [-0.2, -0.15) is 0 Å². The van der Waals surface area contributed by atoms with Gasteiger partial charge in [-0.25, -0.2) is 9.59 Å². The Labute approximate surface area is 190 Å². The summed E-state index contributed by atoms with van der Waals surface area (Å²) in [4.78, 5) is 24.8. The lowest BCUT2D eigenvalue weighted by molar-refractivity contribution is 0.0734. The molecule has 2 aliphatic rings. The Morgan fingerprint density at radius 1 is 0.848 bits per heavy atom. The minimum Gasteiger partial charge on any atom is -0.491 e. The highest BCUT2D eigenvalue weighted by atomic mass is 16.6. The van der Waals surface area contributed by atoms with Crippen LogP contribution >= 0.6 is 0 Å². The molecule has 0 amide bonds. The van der Waals surface area contributed by atoms with E-state index in [0.29, 0.717) is 30.0 Å². The number of benzene rings is 2. The molecule has 0 radical (unpaired) electrons. The molecule has 2 atom stereocenters. The standard InChI is InChI=1S/C25H23NO7/c27-24(32-20-9-7-19(8-10-20)29-15-23-16-31-23)18-11-12-26(13-18)25(28)33-21-4-1-17(2-5-21)3-6-22-14-30-22/h1-2,4-5,7-13,22-23H,3,6,14-16H2. The predicted molar refractivity (Wildman–Crippen MR) is 117 cm³/mol. The summed E-state index contributed by atoms with van der Waals surface area (Å²) in [5, 5.41) is 0. The normalized spacial score (nSPS) is 18.4. The average Bonchev–Trinajstić information content (AvgIpc) is 3.77. The molecular formula is C25H23NO7. The molecule has 0 N–H and O–H groups in total. The third-order valence-corrected chi connectivity index (χ3v) is 5.30. The SMILES string of the molecule is O=C(Oc1ccc(OCC2CO2)cc1)c1ccn(C(=O)Oc2ccc(CCC3CO3)cc2)c1. The zero-order chi connectivity index (χ0) is 22.6. The van der Waals surface area contributed by atoms with Crippen LogP contribution in [0.25, 0.3) is 0 Å². The van der Waals surface area contributed by atoms with E-state index in [2.05, 4.69) is 0 Å². The Kier molecular flexibility index (Phi) is 6.10. The number of hydrogen-bond acceptors (Lipinski definition) is 7. The molecule has 8 nitrogen and oxygen atoms in total. The molecule has 0 aliphatic carbocycles. The van der Waals surface area contributed by atoms with Crippen molar-refractivity contribution in [2.45, 2.75) is 25.0 Å². The Hall–Kier alpha value is -3.62. The van der Waals surface area contributed by atoms with Crippen LogP contribution in [0.1, 0.15) is 22.3 Å². The fourth-order valence-corrected chi connectivity index (χ4v) is 3.19. The van der Waals surface area contributed by atoms with Crippen molar-refractivity contribution in [1.82, 2.24) is 4.57 Å². The number of esters is 1. The lowest BCUT2D eigenvalue weighted by Gasteiger charge is -2.07. The first-order chi connectivity index (χ1) is 16.1. The number of carbonyl (C=O) groups is 2. The van der Waals surface area contributed by atoms with Crippen molar-refractivity contribution >= 4 is 12.1 Å². The summed E-state index contributed by atoms with van der Waals surface area (Å²) in [5.74, 6) is 0.897. The van der Waals surface area contributed by atoms with Gasteiger partial charge in [-0.1, -0.05) is 12.1 Å². The van der Waals surface area contributed by atoms with Crippen LogP contribution in [-0.4, -0.2) is 48.7 Å². The first kappa shape index (κ1) is 21.2. The zero-order valence-electron chi connectivity index (χ0n) is 17.8. The van der Waals surface area contributed by atoms with Crippen LogP contribution in [0.2, 0.25) is 0 Å². The maximum atomic E-state index is 12.4. The van der Waals surface area contributed by atoms with E-state index in [9.17, 15) is 9.59 Å². The predicted octanol–water partition coefficient (Wildman–Crippen LogP) is 3.86. The Balaban J connectivity index is 1.12. The molecule has 5 rings (SSSR count). The summed E-state index contributed by atoms with van der Waals surface area (Å²) < 4.78 is 27.8. The zero-order valence-corrected chi connectivity index (χ0v) is 17.8. The quantitative estimate of drug-likeness (QED) is 0.278. The van der Waals surface area contributed by atoms with Crippen LogP contribution in [0.5, 0.6) is 17.2 Å². The van der Waals surface area contributed by atoms with Gasteiger partial charge in [0, 0.05) is 12.4 Å². The molecule has 2 fully saturated rings. The van der Waals surface area contributed by atoms with E-state index >= 15 is 0 Å². The van der Waals surface area contributed by atoms with Gasteiger partial charge >= 0.3 is 12.1 Å². The second kappa shape index (κ2) is 9.48. The second-order valence-corrected chi connectivity index (χ2v) is 7.94. The van der Waals surface area contributed by atoms with Crippen molar-refractivity contribution in [3.63, 3.8) is 0 Å². The number of hydrogen-bond donors (Lipinski definition) is 0. The Morgan fingerprint density at radius 2 is 1.48 bits per heavy atom. The van der Waals surface area contributed by atoms with Gasteiger partial charge in [0.25, 0.3) is 0 Å². The summed E-state index contributed by atoms with van der Waals surface area (Å²) in [6.45, 7) is 2.08. The average molecular weight is 449 g/mol. The molecule has 170 valence electrons. The Bertz CT molecular complexity index is 1020. The number of aryl methyl sites for hydroxylation is 1. The van der Waals surface area contributed by atoms with Crippen molar-refractivity contribution < 1.29 is 33.3 Å². The third-order valence-electron chi connectivity index (χ3n) is 5.30. The molecule has 2 saturated heterocycles. The van der Waals surface area contributed by atoms with Crippen LogP contribution in [0, 0.1) is 0 Å². The van der Waals surface area contributed by atoms with Gasteiger partial charge in [-0.15, -0.1) is 0 Å². The molecule has 0 bridgehead atoms. The van der Waals surface area contributed by atoms with Gasteiger partial charge in [-0.3, -0.25) is 4.57 Å². The first-order valence-electron chi connectivity index (χ1n) is 10.8. The molecular weight excluding hydrogens is 426 g/mol. The minimum absolute atomic E-state index is 0.171. The number of aromatic nitrogens is 1. The van der Waals surface area contributed by atoms with Crippen molar-refractivity contribution in [2.75, 3.05) is 19.8 Å². The monoisotopic (exact) mass is 449 g/mol. The molecule has 8 heteroatoms. The fourth-order valence-electron chi connectivity index (χ4n) is 3.19. The van der Waals surface area contributed by atoms with E-state index in [1.165, 1.54) is 23.0 Å². The molecule has 2 aliphatic heterocycles. The molecule has 2 unspecified atom stereocenters. The van der Waals surface area contributed by atoms with E-state index in [4.69, 9.17) is 23.7 Å². The van der Waals surface area contributed by atoms with Crippen LogP contribution in [-0.2, 0) is 15.9 Å². The highest BCUT2D eigenvalue weighted by Gasteiger charge is 2.23. The summed E-state index contributed by atoms with van der Waals surface area (Å²) in [6, 6.07) is 15.6. The fraction of sp³-hybridized carbons (Fsp3) is 0.280. The van der Waals surface area contributed by atoms with Gasteiger partial charge in [0.05, 0.1) is 24.9 Å². The minimum atomic E-state index is -0.616. The van der Waals surface area contributed by atoms with Crippen LogP contribution in [0.3, 0.4) is 0 Å². The molecule has 0 saturated carbocycles. The number of epoxide rings is 2. The number of nitrogens with zero attached hydrogens (tertiary/aromatic N) is 1. The molecule has 1 aromatic heterocycles. The van der Waals surface area contributed by atoms with Crippen LogP contribution in [0.4, 0.5) is 4.79 Å².